The molecule has 2 rings (SSSR count). The molecule has 13 heavy (non-hydrogen) atoms. The molecule has 1 aromatic heterocycles. The molecule has 0 spiro atoms. The molecule has 1 aromatic rings. The molecule has 66 valence electrons. The maximum absolute atomic E-state index is 8.90. The second-order valence-electron chi connectivity index (χ2n) is 3.19. The summed E-state index contributed by atoms with van der Waals surface area (Å²) in [6.45, 7) is 0. The molecule has 0 unspecified atom stereocenters. The van der Waals surface area contributed by atoms with Gasteiger partial charge in [-0.1, -0.05) is 11.8 Å². The van der Waals surface area contributed by atoms with Crippen LogP contribution in [-0.2, 0) is 12.8 Å². The minimum atomic E-state index is 0.785. The smallest absolute Gasteiger partial charge is 0.202 e. The Morgan fingerprint density at radius 3 is 3.08 bits per heavy atom. The molecular formula is C10H11N2S+. The van der Waals surface area contributed by atoms with Crippen molar-refractivity contribution in [2.45, 2.75) is 24.3 Å². The molecule has 1 N–H and O–H groups in total. The number of nitriles is 1. The number of fused-ring (bicyclic) bond motifs is 1. The van der Waals surface area contributed by atoms with Crippen molar-refractivity contribution in [2.75, 3.05) is 6.26 Å². The molecule has 1 heterocycles. The fraction of sp³-hybridized carbons (Fsp3) is 0.400. The van der Waals surface area contributed by atoms with Crippen LogP contribution in [0.5, 0.6) is 0 Å². The van der Waals surface area contributed by atoms with Gasteiger partial charge in [-0.3, -0.25) is 0 Å². The maximum Gasteiger partial charge on any atom is 0.256 e. The van der Waals surface area contributed by atoms with Gasteiger partial charge in [-0.2, -0.15) is 5.26 Å². The third kappa shape index (κ3) is 1.42. The van der Waals surface area contributed by atoms with Gasteiger partial charge in [0.1, 0.15) is 11.6 Å². The normalized spacial score (nSPS) is 13.8. The number of thioether (sulfide) groups is 1. The average Bonchev–Trinajstić information content (AvgIpc) is 2.62. The number of hydrogen-bond acceptors (Lipinski definition) is 2. The Hall–Kier alpha value is -1.01. The van der Waals surface area contributed by atoms with Gasteiger partial charge in [0.25, 0.3) is 5.03 Å². The standard InChI is InChI=1S/C10H10N2S/c1-13-10-8(6-11)5-7-3-2-4-9(7)12-10/h5H,2-4H2,1H3/p+1. The Kier molecular flexibility index (Phi) is 2.24. The zero-order valence-corrected chi connectivity index (χ0v) is 8.37. The fourth-order valence-corrected chi connectivity index (χ4v) is 2.31. The van der Waals surface area contributed by atoms with E-state index in [9.17, 15) is 0 Å². The Morgan fingerprint density at radius 1 is 1.54 bits per heavy atom. The molecule has 0 radical (unpaired) electrons. The van der Waals surface area contributed by atoms with Crippen molar-refractivity contribution in [1.82, 2.24) is 0 Å². The zero-order valence-electron chi connectivity index (χ0n) is 7.55. The molecule has 0 aromatic carbocycles. The lowest BCUT2D eigenvalue weighted by Gasteiger charge is -1.96. The third-order valence-corrected chi connectivity index (χ3v) is 3.14. The van der Waals surface area contributed by atoms with Gasteiger partial charge in [0.15, 0.2) is 5.69 Å². The van der Waals surface area contributed by atoms with Crippen LogP contribution in [-0.4, -0.2) is 6.26 Å². The van der Waals surface area contributed by atoms with E-state index in [2.05, 4.69) is 11.1 Å². The summed E-state index contributed by atoms with van der Waals surface area (Å²) in [5, 5.41) is 9.90. The zero-order chi connectivity index (χ0) is 9.26. The Balaban J connectivity index is 2.55. The fourth-order valence-electron chi connectivity index (χ4n) is 1.76. The van der Waals surface area contributed by atoms with E-state index < -0.39 is 0 Å². The number of aromatic amines is 1. The van der Waals surface area contributed by atoms with Crippen molar-refractivity contribution >= 4 is 11.8 Å². The van der Waals surface area contributed by atoms with Crippen molar-refractivity contribution in [2.24, 2.45) is 0 Å². The van der Waals surface area contributed by atoms with Gasteiger partial charge in [0.05, 0.1) is 0 Å². The summed E-state index contributed by atoms with van der Waals surface area (Å²) in [5.41, 5.74) is 3.44. The summed E-state index contributed by atoms with van der Waals surface area (Å²) < 4.78 is 0. The summed E-state index contributed by atoms with van der Waals surface area (Å²) in [6, 6.07) is 4.26. The summed E-state index contributed by atoms with van der Waals surface area (Å²) in [7, 11) is 0. The maximum atomic E-state index is 8.90. The summed E-state index contributed by atoms with van der Waals surface area (Å²) in [6.07, 6.45) is 5.46. The van der Waals surface area contributed by atoms with Gasteiger partial charge in [-0.15, -0.1) is 0 Å². The minimum Gasteiger partial charge on any atom is -0.202 e. The van der Waals surface area contributed by atoms with Crippen molar-refractivity contribution in [1.29, 1.82) is 5.26 Å². The third-order valence-electron chi connectivity index (χ3n) is 2.41. The van der Waals surface area contributed by atoms with Gasteiger partial charge in [0.2, 0.25) is 0 Å². The highest BCUT2D eigenvalue weighted by molar-refractivity contribution is 7.98. The summed E-state index contributed by atoms with van der Waals surface area (Å²) in [5.74, 6) is 0. The van der Waals surface area contributed by atoms with E-state index in [1.54, 1.807) is 11.8 Å². The summed E-state index contributed by atoms with van der Waals surface area (Å²) in [4.78, 5) is 3.33. The van der Waals surface area contributed by atoms with Crippen LogP contribution in [0.15, 0.2) is 11.1 Å². The van der Waals surface area contributed by atoms with E-state index >= 15 is 0 Å². The van der Waals surface area contributed by atoms with Crippen LogP contribution in [0.1, 0.15) is 23.2 Å². The SMILES string of the molecule is CSc1[nH+]c2c(cc1C#N)CCC2. The van der Waals surface area contributed by atoms with E-state index in [1.807, 2.05) is 12.3 Å². The van der Waals surface area contributed by atoms with Gasteiger partial charge in [0, 0.05) is 12.0 Å². The Bertz CT molecular complexity index is 379. The number of pyridine rings is 1. The molecule has 0 amide bonds. The van der Waals surface area contributed by atoms with Crippen LogP contribution in [0.2, 0.25) is 0 Å². The quantitative estimate of drug-likeness (QED) is 0.632. The molecule has 0 bridgehead atoms. The van der Waals surface area contributed by atoms with Gasteiger partial charge >= 0.3 is 0 Å². The molecule has 0 aliphatic heterocycles. The molecule has 0 saturated carbocycles. The van der Waals surface area contributed by atoms with Crippen LogP contribution >= 0.6 is 11.8 Å². The largest absolute Gasteiger partial charge is 0.256 e. The van der Waals surface area contributed by atoms with Crippen LogP contribution < -0.4 is 4.98 Å². The molecule has 1 aliphatic rings. The monoisotopic (exact) mass is 191 g/mol. The molecule has 0 fully saturated rings. The first kappa shape index (κ1) is 8.58. The highest BCUT2D eigenvalue weighted by Gasteiger charge is 2.21. The number of rotatable bonds is 1. The number of aromatic nitrogens is 1. The van der Waals surface area contributed by atoms with E-state index in [-0.39, 0.29) is 0 Å². The van der Waals surface area contributed by atoms with Crippen LogP contribution in [0, 0.1) is 11.3 Å². The van der Waals surface area contributed by atoms with E-state index in [0.717, 1.165) is 23.4 Å². The lowest BCUT2D eigenvalue weighted by Crippen LogP contribution is -2.15. The van der Waals surface area contributed by atoms with Crippen LogP contribution in [0.25, 0.3) is 0 Å². The number of nitrogens with one attached hydrogen (secondary N) is 1. The van der Waals surface area contributed by atoms with Crippen molar-refractivity contribution in [3.8, 4) is 6.07 Å². The predicted molar refractivity (Wildman–Crippen MR) is 51.5 cm³/mol. The first-order valence-electron chi connectivity index (χ1n) is 4.37. The average molecular weight is 191 g/mol. The van der Waals surface area contributed by atoms with E-state index in [1.165, 1.54) is 17.7 Å². The van der Waals surface area contributed by atoms with E-state index in [4.69, 9.17) is 5.26 Å². The minimum absolute atomic E-state index is 0.785. The topological polar surface area (TPSA) is 37.9 Å². The molecule has 1 aliphatic carbocycles. The second kappa shape index (κ2) is 3.39. The number of aryl methyl sites for hydroxylation is 2. The van der Waals surface area contributed by atoms with Crippen LogP contribution in [0.3, 0.4) is 0 Å². The number of hydrogen-bond donors (Lipinski definition) is 0. The van der Waals surface area contributed by atoms with Gasteiger partial charge in [-0.25, -0.2) is 4.98 Å². The first-order valence-corrected chi connectivity index (χ1v) is 5.60. The van der Waals surface area contributed by atoms with Crippen molar-refractivity contribution in [3.63, 3.8) is 0 Å². The number of nitrogens with zero attached hydrogens (tertiary/aromatic N) is 1. The molecule has 3 heteroatoms. The second-order valence-corrected chi connectivity index (χ2v) is 4.00. The Morgan fingerprint density at radius 2 is 2.38 bits per heavy atom. The molecule has 0 saturated heterocycles. The Labute approximate surface area is 82.0 Å². The van der Waals surface area contributed by atoms with Crippen molar-refractivity contribution in [3.05, 3.63) is 22.9 Å². The van der Waals surface area contributed by atoms with Gasteiger partial charge < -0.3 is 0 Å². The predicted octanol–water partition coefficient (Wildman–Crippen LogP) is 1.58. The van der Waals surface area contributed by atoms with E-state index in [0.29, 0.717) is 0 Å². The highest BCUT2D eigenvalue weighted by Crippen LogP contribution is 2.23. The van der Waals surface area contributed by atoms with Crippen LogP contribution in [0.4, 0.5) is 0 Å². The molecule has 2 nitrogen and oxygen atoms in total. The lowest BCUT2D eigenvalue weighted by molar-refractivity contribution is -0.437. The molecular weight excluding hydrogens is 180 g/mol. The first-order chi connectivity index (χ1) is 6.35. The molecule has 0 atom stereocenters. The highest BCUT2D eigenvalue weighted by atomic mass is 32.2. The number of H-pyrrole nitrogens is 1. The van der Waals surface area contributed by atoms with Gasteiger partial charge in [-0.05, 0) is 25.2 Å². The van der Waals surface area contributed by atoms with Crippen molar-refractivity contribution < 1.29 is 4.98 Å². The summed E-state index contributed by atoms with van der Waals surface area (Å²) >= 11 is 1.61. The lowest BCUT2D eigenvalue weighted by atomic mass is 10.2.